The molecule has 0 aliphatic heterocycles. The van der Waals surface area contributed by atoms with Gasteiger partial charge in [-0.15, -0.1) is 0 Å². The van der Waals surface area contributed by atoms with Crippen molar-refractivity contribution in [3.63, 3.8) is 0 Å². The number of carbonyl (C=O) groups is 2. The van der Waals surface area contributed by atoms with Crippen LogP contribution in [0.5, 0.6) is 0 Å². The number of rotatable bonds is 43. The van der Waals surface area contributed by atoms with Gasteiger partial charge in [0.25, 0.3) is 0 Å². The molecule has 0 radical (unpaired) electrons. The number of hydrogen-bond donors (Lipinski definition) is 1. The van der Waals surface area contributed by atoms with Crippen LogP contribution in [0.3, 0.4) is 0 Å². The number of nitrogens with zero attached hydrogens (tertiary/aromatic N) is 2. The van der Waals surface area contributed by atoms with Crippen molar-refractivity contribution < 1.29 is 28.9 Å². The van der Waals surface area contributed by atoms with Crippen LogP contribution >= 0.6 is 0 Å². The minimum atomic E-state index is -0.114. The number of hydrogen-bond acceptors (Lipinski definition) is 7. The fraction of sp³-hybridized carbons (Fsp3) is 0.956. The Hall–Kier alpha value is -1.38. The number of aliphatic hydroxyl groups is 1. The molecule has 0 bridgehead atoms. The zero-order valence-electron chi connectivity index (χ0n) is 35.7. The summed E-state index contributed by atoms with van der Waals surface area (Å²) in [5, 5.41) is 9.06. The van der Waals surface area contributed by atoms with Crippen molar-refractivity contribution in [1.82, 2.24) is 9.80 Å². The van der Waals surface area contributed by atoms with Gasteiger partial charge in [0.05, 0.1) is 33.0 Å². The van der Waals surface area contributed by atoms with Crippen LogP contribution in [0.4, 0.5) is 4.79 Å². The molecule has 0 saturated heterocycles. The predicted octanol–water partition coefficient (Wildman–Crippen LogP) is 12.0. The van der Waals surface area contributed by atoms with Crippen molar-refractivity contribution in [3.8, 4) is 0 Å². The molecule has 0 heterocycles. The Labute approximate surface area is 329 Å². The molecule has 0 rings (SSSR count). The second kappa shape index (κ2) is 43.3. The largest absolute Gasteiger partial charge is 0.466 e. The molecule has 0 aliphatic rings. The molecule has 53 heavy (non-hydrogen) atoms. The van der Waals surface area contributed by atoms with Gasteiger partial charge in [0.1, 0.15) is 0 Å². The zero-order chi connectivity index (χ0) is 38.7. The van der Waals surface area contributed by atoms with E-state index in [9.17, 15) is 9.59 Å². The lowest BCUT2D eigenvalue weighted by atomic mass is 10.1. The Morgan fingerprint density at radius 1 is 0.415 bits per heavy atom. The highest BCUT2D eigenvalue weighted by Gasteiger charge is 2.14. The smallest absolute Gasteiger partial charge is 0.409 e. The van der Waals surface area contributed by atoms with Gasteiger partial charge in [-0.3, -0.25) is 4.79 Å². The molecule has 0 aromatic carbocycles. The average Bonchev–Trinajstić information content (AvgIpc) is 3.16. The van der Waals surface area contributed by atoms with E-state index >= 15 is 0 Å². The van der Waals surface area contributed by atoms with E-state index in [0.29, 0.717) is 32.8 Å². The van der Waals surface area contributed by atoms with E-state index in [1.54, 1.807) is 0 Å². The minimum Gasteiger partial charge on any atom is -0.466 e. The van der Waals surface area contributed by atoms with Gasteiger partial charge in [-0.1, -0.05) is 162 Å². The van der Waals surface area contributed by atoms with E-state index < -0.39 is 0 Å². The first-order valence-corrected chi connectivity index (χ1v) is 23.1. The van der Waals surface area contributed by atoms with E-state index in [0.717, 1.165) is 110 Å². The Kier molecular flexibility index (Phi) is 42.2. The van der Waals surface area contributed by atoms with Gasteiger partial charge in [-0.05, 0) is 58.0 Å². The average molecular weight is 755 g/mol. The molecule has 0 unspecified atom stereocenters. The fourth-order valence-corrected chi connectivity index (χ4v) is 6.83. The first-order chi connectivity index (χ1) is 26.1. The van der Waals surface area contributed by atoms with Crippen LogP contribution in [0.1, 0.15) is 213 Å². The van der Waals surface area contributed by atoms with Crippen molar-refractivity contribution >= 4 is 12.1 Å². The Morgan fingerprint density at radius 3 is 1.28 bits per heavy atom. The number of carbonyl (C=O) groups excluding carboxylic acids is 2. The van der Waals surface area contributed by atoms with Crippen LogP contribution < -0.4 is 0 Å². The van der Waals surface area contributed by atoms with Crippen LogP contribution in [-0.2, 0) is 19.0 Å². The summed E-state index contributed by atoms with van der Waals surface area (Å²) in [6.07, 6.45) is 35.0. The second-order valence-electron chi connectivity index (χ2n) is 15.4. The molecule has 0 atom stereocenters. The summed E-state index contributed by atoms with van der Waals surface area (Å²) in [6.45, 7) is 13.5. The minimum absolute atomic E-state index is 0.0488. The molecule has 8 heteroatoms. The Morgan fingerprint density at radius 2 is 0.811 bits per heavy atom. The maximum absolute atomic E-state index is 12.9. The molecule has 0 saturated carbocycles. The fourth-order valence-electron chi connectivity index (χ4n) is 6.83. The van der Waals surface area contributed by atoms with E-state index in [4.69, 9.17) is 19.3 Å². The summed E-state index contributed by atoms with van der Waals surface area (Å²) in [6, 6.07) is 0. The highest BCUT2D eigenvalue weighted by Crippen LogP contribution is 2.13. The van der Waals surface area contributed by atoms with E-state index in [1.165, 1.54) is 109 Å². The molecule has 0 spiro atoms. The summed E-state index contributed by atoms with van der Waals surface area (Å²) in [7, 11) is 0. The lowest BCUT2D eigenvalue weighted by Gasteiger charge is -2.22. The van der Waals surface area contributed by atoms with Gasteiger partial charge >= 0.3 is 12.1 Å². The quantitative estimate of drug-likeness (QED) is 0.0490. The van der Waals surface area contributed by atoms with Crippen molar-refractivity contribution in [2.45, 2.75) is 213 Å². The number of aliphatic hydroxyl groups excluding tert-OH is 1. The molecule has 316 valence electrons. The summed E-state index contributed by atoms with van der Waals surface area (Å²) in [5.74, 6) is -0.0488. The van der Waals surface area contributed by atoms with E-state index in [-0.39, 0.29) is 18.7 Å². The summed E-state index contributed by atoms with van der Waals surface area (Å²) >= 11 is 0. The van der Waals surface area contributed by atoms with E-state index in [1.807, 2.05) is 4.90 Å². The maximum atomic E-state index is 12.9. The molecule has 0 aromatic rings. The predicted molar refractivity (Wildman–Crippen MR) is 224 cm³/mol. The van der Waals surface area contributed by atoms with Gasteiger partial charge in [-0.2, -0.15) is 0 Å². The third-order valence-electron chi connectivity index (χ3n) is 10.3. The highest BCUT2D eigenvalue weighted by atomic mass is 16.6. The molecule has 1 amide bonds. The number of unbranched alkanes of at least 4 members (excludes halogenated alkanes) is 24. The van der Waals surface area contributed by atoms with Crippen molar-refractivity contribution in [1.29, 1.82) is 0 Å². The molecule has 1 N–H and O–H groups in total. The van der Waals surface area contributed by atoms with Crippen LogP contribution in [0.2, 0.25) is 0 Å². The molecule has 8 nitrogen and oxygen atoms in total. The first kappa shape index (κ1) is 51.6. The van der Waals surface area contributed by atoms with E-state index in [2.05, 4.69) is 25.7 Å². The van der Waals surface area contributed by atoms with Crippen LogP contribution in [0.25, 0.3) is 0 Å². The van der Waals surface area contributed by atoms with Crippen LogP contribution in [0.15, 0.2) is 0 Å². The van der Waals surface area contributed by atoms with Crippen molar-refractivity contribution in [3.05, 3.63) is 0 Å². The third-order valence-corrected chi connectivity index (χ3v) is 10.3. The lowest BCUT2D eigenvalue weighted by molar-refractivity contribution is -0.143. The second-order valence-corrected chi connectivity index (χ2v) is 15.4. The maximum Gasteiger partial charge on any atom is 0.409 e. The summed E-state index contributed by atoms with van der Waals surface area (Å²) in [4.78, 5) is 29.5. The highest BCUT2D eigenvalue weighted by molar-refractivity contribution is 5.69. The van der Waals surface area contributed by atoms with Crippen molar-refractivity contribution in [2.75, 3.05) is 65.8 Å². The monoisotopic (exact) mass is 755 g/mol. The van der Waals surface area contributed by atoms with Crippen LogP contribution in [-0.4, -0.2) is 92.7 Å². The van der Waals surface area contributed by atoms with Gasteiger partial charge in [0.2, 0.25) is 0 Å². The molecule has 0 fully saturated rings. The van der Waals surface area contributed by atoms with Gasteiger partial charge in [-0.25, -0.2) is 4.79 Å². The first-order valence-electron chi connectivity index (χ1n) is 23.1. The third kappa shape index (κ3) is 38.7. The Balaban J connectivity index is 4.17. The zero-order valence-corrected chi connectivity index (χ0v) is 35.7. The molecular formula is C45H90N2O6. The standard InChI is InChI=1S/C45H90N2O6/c1-4-7-10-13-16-17-18-23-31-40-52-44(49)33-26-25-28-35-46(38-42-51-43-39-48)34-27-20-19-24-32-41-53-45(50)47(36-29-21-14-11-8-5-2)37-30-22-15-12-9-6-3/h48H,4-43H2,1-3H3. The van der Waals surface area contributed by atoms with Gasteiger partial charge in [0, 0.05) is 26.1 Å². The molecule has 0 aromatic heterocycles. The van der Waals surface area contributed by atoms with Gasteiger partial charge < -0.3 is 29.1 Å². The topological polar surface area (TPSA) is 88.5 Å². The number of esters is 1. The number of amides is 1. The normalized spacial score (nSPS) is 11.4. The van der Waals surface area contributed by atoms with Crippen LogP contribution in [0, 0.1) is 0 Å². The molecular weight excluding hydrogens is 665 g/mol. The summed E-state index contributed by atoms with van der Waals surface area (Å²) in [5.41, 5.74) is 0. The Bertz CT molecular complexity index is 738. The lowest BCUT2D eigenvalue weighted by Crippen LogP contribution is -2.33. The summed E-state index contributed by atoms with van der Waals surface area (Å²) < 4.78 is 16.8. The van der Waals surface area contributed by atoms with Gasteiger partial charge in [0.15, 0.2) is 0 Å². The number of ether oxygens (including phenoxy) is 3. The van der Waals surface area contributed by atoms with Crippen molar-refractivity contribution in [2.24, 2.45) is 0 Å². The molecule has 0 aliphatic carbocycles. The SMILES string of the molecule is CCCCCCCCCCCOC(=O)CCCCCN(CCCCCCCOC(=O)N(CCCCCCCC)CCCCCCCC)CCOCCO.